The first-order chi connectivity index (χ1) is 11.5. The van der Waals surface area contributed by atoms with Crippen LogP contribution in [-0.4, -0.2) is 19.7 Å². The normalized spacial score (nSPS) is 12.8. The summed E-state index contributed by atoms with van der Waals surface area (Å²) in [4.78, 5) is 6.78. The summed E-state index contributed by atoms with van der Waals surface area (Å²) >= 11 is 11.7. The van der Waals surface area contributed by atoms with Gasteiger partial charge in [-0.1, -0.05) is 23.2 Å². The highest BCUT2D eigenvalue weighted by Gasteiger charge is 2.36. The SMILES string of the molecule is FC(F)(F)c1cc(Cl)c(-n2cc3c(C(F)(F)F)ncnc3n2)c(Cl)c1. The molecule has 2 aromatic heterocycles. The zero-order chi connectivity index (χ0) is 18.6. The van der Waals surface area contributed by atoms with Crippen molar-refractivity contribution in [1.82, 2.24) is 19.7 Å². The Morgan fingerprint density at radius 3 is 2.00 bits per heavy atom. The van der Waals surface area contributed by atoms with Crippen molar-refractivity contribution < 1.29 is 26.3 Å². The van der Waals surface area contributed by atoms with E-state index < -0.39 is 39.0 Å². The zero-order valence-corrected chi connectivity index (χ0v) is 13.1. The van der Waals surface area contributed by atoms with Gasteiger partial charge in [-0.05, 0) is 12.1 Å². The van der Waals surface area contributed by atoms with Gasteiger partial charge in [-0.25, -0.2) is 14.6 Å². The van der Waals surface area contributed by atoms with Gasteiger partial charge in [0.2, 0.25) is 0 Å². The molecule has 0 amide bonds. The van der Waals surface area contributed by atoms with Crippen LogP contribution in [0.3, 0.4) is 0 Å². The van der Waals surface area contributed by atoms with Crippen LogP contribution < -0.4 is 0 Å². The monoisotopic (exact) mass is 400 g/mol. The molecule has 2 heterocycles. The van der Waals surface area contributed by atoms with Gasteiger partial charge < -0.3 is 0 Å². The average molecular weight is 401 g/mol. The van der Waals surface area contributed by atoms with Crippen molar-refractivity contribution in [2.45, 2.75) is 12.4 Å². The lowest BCUT2D eigenvalue weighted by molar-refractivity contribution is -0.140. The van der Waals surface area contributed by atoms with Gasteiger partial charge in [0.1, 0.15) is 12.0 Å². The standard InChI is InChI=1S/C13H4Cl2F6N4/c14-7-1-5(12(16,17)18)2-8(15)9(7)25-3-6-10(13(19,20)21)22-4-23-11(6)24-25/h1-4H. The van der Waals surface area contributed by atoms with Crippen LogP contribution in [0.25, 0.3) is 16.7 Å². The summed E-state index contributed by atoms with van der Waals surface area (Å²) in [7, 11) is 0. The fourth-order valence-electron chi connectivity index (χ4n) is 2.13. The minimum atomic E-state index is -4.76. The smallest absolute Gasteiger partial charge is 0.235 e. The summed E-state index contributed by atoms with van der Waals surface area (Å²) in [5.74, 6) is 0. The van der Waals surface area contributed by atoms with Gasteiger partial charge in [0.05, 0.1) is 21.0 Å². The predicted molar refractivity (Wildman–Crippen MR) is 76.7 cm³/mol. The third-order valence-corrected chi connectivity index (χ3v) is 3.73. The Hall–Kier alpha value is -2.07. The van der Waals surface area contributed by atoms with Gasteiger partial charge in [0, 0.05) is 6.20 Å². The summed E-state index contributed by atoms with van der Waals surface area (Å²) in [5.41, 5.74) is -2.85. The quantitative estimate of drug-likeness (QED) is 0.530. The van der Waals surface area contributed by atoms with Crippen molar-refractivity contribution in [3.05, 3.63) is 46.0 Å². The second-order valence-electron chi connectivity index (χ2n) is 4.82. The number of aromatic nitrogens is 4. The second kappa shape index (κ2) is 5.73. The minimum absolute atomic E-state index is 0.206. The van der Waals surface area contributed by atoms with Gasteiger partial charge in [0.25, 0.3) is 0 Å². The maximum atomic E-state index is 13.0. The van der Waals surface area contributed by atoms with Crippen LogP contribution in [0.15, 0.2) is 24.7 Å². The molecule has 1 aromatic carbocycles. The van der Waals surface area contributed by atoms with Crippen molar-refractivity contribution in [2.75, 3.05) is 0 Å². The van der Waals surface area contributed by atoms with E-state index in [9.17, 15) is 26.3 Å². The number of fused-ring (bicyclic) bond motifs is 1. The molecule has 4 nitrogen and oxygen atoms in total. The summed E-state index contributed by atoms with van der Waals surface area (Å²) in [6, 6.07) is 1.21. The van der Waals surface area contributed by atoms with E-state index >= 15 is 0 Å². The van der Waals surface area contributed by atoms with Gasteiger partial charge in [-0.15, -0.1) is 5.10 Å². The van der Waals surface area contributed by atoms with Gasteiger partial charge in [-0.3, -0.25) is 0 Å². The zero-order valence-electron chi connectivity index (χ0n) is 11.6. The number of benzene rings is 1. The third kappa shape index (κ3) is 3.23. The van der Waals surface area contributed by atoms with Crippen molar-refractivity contribution in [1.29, 1.82) is 0 Å². The highest BCUT2D eigenvalue weighted by molar-refractivity contribution is 6.37. The van der Waals surface area contributed by atoms with Crippen molar-refractivity contribution >= 4 is 34.2 Å². The Morgan fingerprint density at radius 2 is 1.48 bits per heavy atom. The molecule has 0 saturated carbocycles. The van der Waals surface area contributed by atoms with Crippen molar-refractivity contribution in [3.8, 4) is 5.69 Å². The molecule has 0 aliphatic rings. The molecule has 0 fully saturated rings. The highest BCUT2D eigenvalue weighted by atomic mass is 35.5. The van der Waals surface area contributed by atoms with E-state index in [1.54, 1.807) is 0 Å². The van der Waals surface area contributed by atoms with E-state index in [1.807, 2.05) is 0 Å². The lowest BCUT2D eigenvalue weighted by Gasteiger charge is -2.12. The van der Waals surface area contributed by atoms with E-state index in [0.29, 0.717) is 18.5 Å². The van der Waals surface area contributed by atoms with Crippen LogP contribution in [0.2, 0.25) is 10.0 Å². The van der Waals surface area contributed by atoms with Gasteiger partial charge in [-0.2, -0.15) is 26.3 Å². The predicted octanol–water partition coefficient (Wildman–Crippen LogP) is 5.16. The molecule has 3 rings (SSSR count). The Morgan fingerprint density at radius 1 is 0.880 bits per heavy atom. The number of alkyl halides is 6. The number of rotatable bonds is 1. The Balaban J connectivity index is 2.21. The molecule has 0 N–H and O–H groups in total. The first-order valence-electron chi connectivity index (χ1n) is 6.32. The maximum Gasteiger partial charge on any atom is 0.434 e. The molecule has 0 spiro atoms. The largest absolute Gasteiger partial charge is 0.434 e. The maximum absolute atomic E-state index is 13.0. The van der Waals surface area contributed by atoms with Crippen molar-refractivity contribution in [3.63, 3.8) is 0 Å². The molecule has 0 atom stereocenters. The molecule has 3 aromatic rings. The molecule has 0 aliphatic carbocycles. The molecular formula is C13H4Cl2F6N4. The minimum Gasteiger partial charge on any atom is -0.235 e. The van der Waals surface area contributed by atoms with E-state index in [-0.39, 0.29) is 11.3 Å². The van der Waals surface area contributed by atoms with Crippen molar-refractivity contribution in [2.24, 2.45) is 0 Å². The Kier molecular flexibility index (Phi) is 4.07. The molecule has 132 valence electrons. The van der Waals surface area contributed by atoms with Crippen LogP contribution in [0.5, 0.6) is 0 Å². The lowest BCUT2D eigenvalue weighted by atomic mass is 10.2. The molecule has 0 saturated heterocycles. The molecule has 25 heavy (non-hydrogen) atoms. The molecule has 0 unspecified atom stereocenters. The number of nitrogens with zero attached hydrogens (tertiary/aromatic N) is 4. The van der Waals surface area contributed by atoms with Crippen LogP contribution >= 0.6 is 23.2 Å². The van der Waals surface area contributed by atoms with Crippen LogP contribution in [0, 0.1) is 0 Å². The number of halogens is 8. The molecule has 0 radical (unpaired) electrons. The summed E-state index contributed by atoms with van der Waals surface area (Å²) in [6.45, 7) is 0. The molecular weight excluding hydrogens is 397 g/mol. The van der Waals surface area contributed by atoms with E-state index in [2.05, 4.69) is 15.1 Å². The molecule has 12 heteroatoms. The Bertz CT molecular complexity index is 940. The second-order valence-corrected chi connectivity index (χ2v) is 5.63. The number of hydrogen-bond acceptors (Lipinski definition) is 3. The fraction of sp³-hybridized carbons (Fsp3) is 0.154. The van der Waals surface area contributed by atoms with Gasteiger partial charge >= 0.3 is 12.4 Å². The Labute approximate surface area is 145 Å². The summed E-state index contributed by atoms with van der Waals surface area (Å²) in [6.07, 6.45) is -7.87. The molecule has 0 bridgehead atoms. The van der Waals surface area contributed by atoms with Crippen LogP contribution in [-0.2, 0) is 12.4 Å². The number of hydrogen-bond donors (Lipinski definition) is 0. The summed E-state index contributed by atoms with van der Waals surface area (Å²) < 4.78 is 78.0. The van der Waals surface area contributed by atoms with Gasteiger partial charge in [0.15, 0.2) is 11.3 Å². The third-order valence-electron chi connectivity index (χ3n) is 3.16. The van der Waals surface area contributed by atoms with Crippen LogP contribution in [0.1, 0.15) is 11.3 Å². The first-order valence-corrected chi connectivity index (χ1v) is 7.08. The van der Waals surface area contributed by atoms with E-state index in [1.165, 1.54) is 0 Å². The lowest BCUT2D eigenvalue weighted by Crippen LogP contribution is -2.08. The highest BCUT2D eigenvalue weighted by Crippen LogP contribution is 2.38. The fourth-order valence-corrected chi connectivity index (χ4v) is 2.79. The topological polar surface area (TPSA) is 43.6 Å². The van der Waals surface area contributed by atoms with Crippen LogP contribution in [0.4, 0.5) is 26.3 Å². The van der Waals surface area contributed by atoms with E-state index in [0.717, 1.165) is 10.9 Å². The van der Waals surface area contributed by atoms with E-state index in [4.69, 9.17) is 23.2 Å². The first kappa shape index (κ1) is 17.7. The molecule has 0 aliphatic heterocycles. The average Bonchev–Trinajstić information content (AvgIpc) is 2.87. The summed E-state index contributed by atoms with van der Waals surface area (Å²) in [5, 5.41) is 2.47.